The van der Waals surface area contributed by atoms with Gasteiger partial charge in [0.15, 0.2) is 11.5 Å². The smallest absolute Gasteiger partial charge is 0.293 e. The number of hydrogen-bond acceptors (Lipinski definition) is 6. The van der Waals surface area contributed by atoms with Crippen molar-refractivity contribution in [2.75, 3.05) is 19.8 Å². The van der Waals surface area contributed by atoms with Crippen LogP contribution >= 0.6 is 35.0 Å². The van der Waals surface area contributed by atoms with Gasteiger partial charge < -0.3 is 14.2 Å². The van der Waals surface area contributed by atoms with Crippen molar-refractivity contribution in [3.05, 3.63) is 91.8 Å². The minimum Gasteiger partial charge on any atom is -0.491 e. The second-order valence-electron chi connectivity index (χ2n) is 9.54. The summed E-state index contributed by atoms with van der Waals surface area (Å²) in [5, 5.41) is 0.747. The van der Waals surface area contributed by atoms with Crippen LogP contribution in [0.3, 0.4) is 0 Å². The molecule has 0 atom stereocenters. The van der Waals surface area contributed by atoms with Crippen LogP contribution in [0.25, 0.3) is 6.08 Å². The quantitative estimate of drug-likeness (QED) is 0.206. The third-order valence-electron chi connectivity index (χ3n) is 6.20. The first-order valence-corrected chi connectivity index (χ1v) is 14.6. The molecule has 0 N–H and O–H groups in total. The number of aryl methyl sites for hydroxylation is 1. The largest absolute Gasteiger partial charge is 0.491 e. The Bertz CT molecular complexity index is 1440. The van der Waals surface area contributed by atoms with Crippen molar-refractivity contribution in [2.24, 2.45) is 0 Å². The molecular formula is C31H31Cl2NO5S. The number of nitrogens with zero attached hydrogens (tertiary/aromatic N) is 1. The number of halogens is 2. The molecule has 1 fully saturated rings. The molecule has 1 aliphatic rings. The van der Waals surface area contributed by atoms with Crippen LogP contribution in [-0.4, -0.2) is 35.8 Å². The predicted octanol–water partition coefficient (Wildman–Crippen LogP) is 8.52. The molecule has 1 saturated heterocycles. The van der Waals surface area contributed by atoms with Crippen molar-refractivity contribution in [3.8, 4) is 17.2 Å². The van der Waals surface area contributed by atoms with Crippen molar-refractivity contribution < 1.29 is 23.8 Å². The Morgan fingerprint density at radius 2 is 1.73 bits per heavy atom. The maximum Gasteiger partial charge on any atom is 0.293 e. The average molecular weight is 601 g/mol. The minimum atomic E-state index is -0.345. The molecule has 0 radical (unpaired) electrons. The Kier molecular flexibility index (Phi) is 10.1. The fourth-order valence-electron chi connectivity index (χ4n) is 4.13. The van der Waals surface area contributed by atoms with E-state index in [1.807, 2.05) is 38.1 Å². The summed E-state index contributed by atoms with van der Waals surface area (Å²) < 4.78 is 17.7. The molecule has 0 aromatic heterocycles. The van der Waals surface area contributed by atoms with Crippen molar-refractivity contribution in [2.45, 2.75) is 40.2 Å². The molecule has 1 heterocycles. The van der Waals surface area contributed by atoms with E-state index in [1.54, 1.807) is 30.3 Å². The van der Waals surface area contributed by atoms with E-state index in [4.69, 9.17) is 37.4 Å². The van der Waals surface area contributed by atoms with Gasteiger partial charge in [-0.15, -0.1) is 0 Å². The van der Waals surface area contributed by atoms with Crippen LogP contribution in [0.15, 0.2) is 59.5 Å². The molecule has 4 rings (SSSR count). The highest BCUT2D eigenvalue weighted by molar-refractivity contribution is 8.18. The van der Waals surface area contributed by atoms with E-state index >= 15 is 0 Å². The number of carbonyl (C=O) groups is 2. The second-order valence-corrected chi connectivity index (χ2v) is 11.4. The lowest BCUT2D eigenvalue weighted by molar-refractivity contribution is -0.123. The van der Waals surface area contributed by atoms with Crippen molar-refractivity contribution in [3.63, 3.8) is 0 Å². The molecule has 40 heavy (non-hydrogen) atoms. The standard InChI is InChI=1S/C31H31Cl2NO5S/c1-5-37-28-15-21(7-11-26(28)39-18-22-8-9-23(32)17-25(22)33)16-29-30(35)34(31(36)40-29)12-13-38-27-14-20(4)6-10-24(27)19(2)3/h6-11,14-17,19H,5,12-13,18H2,1-4H3/b29-16-. The summed E-state index contributed by atoms with van der Waals surface area (Å²) in [4.78, 5) is 27.3. The molecule has 0 saturated carbocycles. The van der Waals surface area contributed by atoms with Gasteiger partial charge in [-0.3, -0.25) is 14.5 Å². The molecule has 3 aromatic rings. The van der Waals surface area contributed by atoms with Crippen LogP contribution in [0.1, 0.15) is 48.9 Å². The highest BCUT2D eigenvalue weighted by atomic mass is 35.5. The topological polar surface area (TPSA) is 65.1 Å². The first-order valence-electron chi connectivity index (χ1n) is 13.0. The normalized spacial score (nSPS) is 14.4. The van der Waals surface area contributed by atoms with E-state index in [2.05, 4.69) is 19.9 Å². The second kappa shape index (κ2) is 13.5. The maximum absolute atomic E-state index is 13.1. The van der Waals surface area contributed by atoms with Gasteiger partial charge in [-0.1, -0.05) is 61.3 Å². The van der Waals surface area contributed by atoms with Crippen molar-refractivity contribution >= 4 is 52.2 Å². The lowest BCUT2D eigenvalue weighted by Gasteiger charge is -2.17. The lowest BCUT2D eigenvalue weighted by Crippen LogP contribution is -2.32. The Balaban J connectivity index is 1.43. The van der Waals surface area contributed by atoms with E-state index in [0.29, 0.717) is 44.5 Å². The zero-order valence-electron chi connectivity index (χ0n) is 22.8. The summed E-state index contributed by atoms with van der Waals surface area (Å²) in [5.41, 5.74) is 3.68. The third-order valence-corrected chi connectivity index (χ3v) is 7.70. The predicted molar refractivity (Wildman–Crippen MR) is 162 cm³/mol. The number of carbonyl (C=O) groups excluding carboxylic acids is 2. The number of rotatable bonds is 11. The van der Waals surface area contributed by atoms with Crippen molar-refractivity contribution in [1.29, 1.82) is 0 Å². The van der Waals surface area contributed by atoms with Crippen LogP contribution in [0.4, 0.5) is 4.79 Å². The fourth-order valence-corrected chi connectivity index (χ4v) is 5.46. The highest BCUT2D eigenvalue weighted by Gasteiger charge is 2.35. The van der Waals surface area contributed by atoms with Gasteiger partial charge >= 0.3 is 0 Å². The van der Waals surface area contributed by atoms with Gasteiger partial charge in [0.05, 0.1) is 18.1 Å². The van der Waals surface area contributed by atoms with E-state index < -0.39 is 0 Å². The SMILES string of the molecule is CCOc1cc(/C=C2\SC(=O)N(CCOc3cc(C)ccc3C(C)C)C2=O)ccc1OCc1ccc(Cl)cc1Cl. The maximum atomic E-state index is 13.1. The Hall–Kier alpha value is -3.13. The molecule has 3 aromatic carbocycles. The number of amides is 2. The molecule has 0 aliphatic carbocycles. The number of hydrogen-bond donors (Lipinski definition) is 0. The minimum absolute atomic E-state index is 0.164. The zero-order valence-corrected chi connectivity index (χ0v) is 25.2. The number of thioether (sulfide) groups is 1. The average Bonchev–Trinajstić information content (AvgIpc) is 3.16. The number of ether oxygens (including phenoxy) is 3. The van der Waals surface area contributed by atoms with Crippen LogP contribution in [-0.2, 0) is 11.4 Å². The van der Waals surface area contributed by atoms with E-state index in [0.717, 1.165) is 34.2 Å². The number of benzene rings is 3. The number of imide groups is 1. The summed E-state index contributed by atoms with van der Waals surface area (Å²) in [7, 11) is 0. The molecule has 9 heteroatoms. The lowest BCUT2D eigenvalue weighted by atomic mass is 10.0. The fraction of sp³-hybridized carbons (Fsp3) is 0.290. The van der Waals surface area contributed by atoms with Crippen LogP contribution < -0.4 is 14.2 Å². The summed E-state index contributed by atoms with van der Waals surface area (Å²) in [6, 6.07) is 16.7. The first kappa shape index (κ1) is 29.8. The summed E-state index contributed by atoms with van der Waals surface area (Å²) >= 11 is 13.2. The Labute approximate surface area is 249 Å². The van der Waals surface area contributed by atoms with Crippen LogP contribution in [0.5, 0.6) is 17.2 Å². The molecule has 0 spiro atoms. The molecule has 210 valence electrons. The molecule has 1 aliphatic heterocycles. The monoisotopic (exact) mass is 599 g/mol. The van der Waals surface area contributed by atoms with Gasteiger partial charge in [0.25, 0.3) is 11.1 Å². The van der Waals surface area contributed by atoms with Gasteiger partial charge in [0, 0.05) is 15.6 Å². The van der Waals surface area contributed by atoms with Gasteiger partial charge in [-0.05, 0) is 84.6 Å². The van der Waals surface area contributed by atoms with E-state index in [9.17, 15) is 9.59 Å². The van der Waals surface area contributed by atoms with E-state index in [-0.39, 0.29) is 30.9 Å². The summed E-state index contributed by atoms with van der Waals surface area (Å²) in [5.74, 6) is 1.79. The van der Waals surface area contributed by atoms with Crippen LogP contribution in [0, 0.1) is 6.92 Å². The van der Waals surface area contributed by atoms with Crippen LogP contribution in [0.2, 0.25) is 10.0 Å². The summed E-state index contributed by atoms with van der Waals surface area (Å²) in [6.45, 7) is 9.12. The summed E-state index contributed by atoms with van der Waals surface area (Å²) in [6.07, 6.45) is 1.69. The van der Waals surface area contributed by atoms with Crippen molar-refractivity contribution in [1.82, 2.24) is 4.90 Å². The Morgan fingerprint density at radius 3 is 2.45 bits per heavy atom. The van der Waals surface area contributed by atoms with E-state index in [1.165, 1.54) is 4.90 Å². The molecule has 0 bridgehead atoms. The zero-order chi connectivity index (χ0) is 28.8. The molecule has 6 nitrogen and oxygen atoms in total. The highest BCUT2D eigenvalue weighted by Crippen LogP contribution is 2.35. The third kappa shape index (κ3) is 7.33. The molecule has 2 amide bonds. The van der Waals surface area contributed by atoms with Gasteiger partial charge in [-0.2, -0.15) is 0 Å². The Morgan fingerprint density at radius 1 is 0.925 bits per heavy atom. The van der Waals surface area contributed by atoms with Gasteiger partial charge in [0.1, 0.15) is 19.0 Å². The first-order chi connectivity index (χ1) is 19.2. The van der Waals surface area contributed by atoms with Gasteiger partial charge in [-0.25, -0.2) is 0 Å². The molecular weight excluding hydrogens is 569 g/mol. The van der Waals surface area contributed by atoms with Gasteiger partial charge in [0.2, 0.25) is 0 Å². The molecule has 0 unspecified atom stereocenters.